The third-order valence-electron chi connectivity index (χ3n) is 1.51. The Labute approximate surface area is 81.6 Å². The molecule has 4 heteroatoms. The van der Waals surface area contributed by atoms with Gasteiger partial charge in [-0.1, -0.05) is 6.08 Å². The Morgan fingerprint density at radius 1 is 1.50 bits per heavy atom. The molecule has 0 aliphatic rings. The smallest absolute Gasteiger partial charge is 0.217 e. The Kier molecular flexibility index (Phi) is 3.67. The zero-order chi connectivity index (χ0) is 10.4. The molecule has 1 heterocycles. The van der Waals surface area contributed by atoms with Crippen LogP contribution in [0.3, 0.4) is 0 Å². The van der Waals surface area contributed by atoms with E-state index >= 15 is 0 Å². The number of hydrogen-bond donors (Lipinski definition) is 1. The number of nitrogens with one attached hydrogen (secondary N) is 1. The standard InChI is InChI=1S/C10H11NO3/c1-8(13)11-6-2-3-9-4-5-10(7-12)14-9/h2-5,7H,6H2,1H3,(H,11,13). The Morgan fingerprint density at radius 3 is 2.79 bits per heavy atom. The maximum atomic E-state index is 10.5. The Hall–Kier alpha value is -1.84. The van der Waals surface area contributed by atoms with E-state index in [1.165, 1.54) is 6.92 Å². The van der Waals surface area contributed by atoms with Gasteiger partial charge in [-0.05, 0) is 18.2 Å². The van der Waals surface area contributed by atoms with E-state index in [1.807, 2.05) is 0 Å². The minimum atomic E-state index is -0.0809. The lowest BCUT2D eigenvalue weighted by molar-refractivity contribution is -0.118. The van der Waals surface area contributed by atoms with Crippen molar-refractivity contribution in [2.45, 2.75) is 6.92 Å². The van der Waals surface area contributed by atoms with E-state index in [2.05, 4.69) is 5.32 Å². The van der Waals surface area contributed by atoms with Crippen LogP contribution in [0.25, 0.3) is 6.08 Å². The van der Waals surface area contributed by atoms with Gasteiger partial charge in [0, 0.05) is 13.5 Å². The summed E-state index contributed by atoms with van der Waals surface area (Å²) in [6.45, 7) is 1.90. The molecular weight excluding hydrogens is 182 g/mol. The van der Waals surface area contributed by atoms with Gasteiger partial charge in [0.1, 0.15) is 5.76 Å². The third kappa shape index (κ3) is 3.26. The first-order valence-electron chi connectivity index (χ1n) is 4.18. The van der Waals surface area contributed by atoms with Crippen LogP contribution in [0.15, 0.2) is 22.6 Å². The summed E-state index contributed by atoms with van der Waals surface area (Å²) in [6, 6.07) is 3.28. The molecule has 0 radical (unpaired) electrons. The van der Waals surface area contributed by atoms with Gasteiger partial charge in [0.05, 0.1) is 0 Å². The molecule has 14 heavy (non-hydrogen) atoms. The third-order valence-corrected chi connectivity index (χ3v) is 1.51. The lowest BCUT2D eigenvalue weighted by atomic mass is 10.4. The van der Waals surface area contributed by atoms with E-state index in [9.17, 15) is 9.59 Å². The minimum Gasteiger partial charge on any atom is -0.454 e. The maximum absolute atomic E-state index is 10.5. The summed E-state index contributed by atoms with van der Waals surface area (Å²) < 4.78 is 5.07. The zero-order valence-corrected chi connectivity index (χ0v) is 7.82. The molecule has 0 unspecified atom stereocenters. The van der Waals surface area contributed by atoms with Crippen LogP contribution in [0, 0.1) is 0 Å². The highest BCUT2D eigenvalue weighted by molar-refractivity contribution is 5.73. The van der Waals surface area contributed by atoms with Gasteiger partial charge in [0.25, 0.3) is 0 Å². The summed E-state index contributed by atoms with van der Waals surface area (Å²) in [5, 5.41) is 2.60. The van der Waals surface area contributed by atoms with Crippen LogP contribution < -0.4 is 5.32 Å². The first-order valence-corrected chi connectivity index (χ1v) is 4.18. The lowest BCUT2D eigenvalue weighted by Gasteiger charge is -1.93. The molecule has 0 aliphatic heterocycles. The molecule has 0 bridgehead atoms. The normalized spacial score (nSPS) is 10.4. The fourth-order valence-corrected chi connectivity index (χ4v) is 0.899. The number of rotatable bonds is 4. The fourth-order valence-electron chi connectivity index (χ4n) is 0.899. The lowest BCUT2D eigenvalue weighted by Crippen LogP contribution is -2.19. The molecule has 0 saturated carbocycles. The molecule has 1 amide bonds. The van der Waals surface area contributed by atoms with E-state index in [1.54, 1.807) is 24.3 Å². The first-order chi connectivity index (χ1) is 6.72. The molecule has 1 rings (SSSR count). The van der Waals surface area contributed by atoms with Crippen molar-refractivity contribution in [1.29, 1.82) is 0 Å². The van der Waals surface area contributed by atoms with Gasteiger partial charge in [-0.3, -0.25) is 9.59 Å². The highest BCUT2D eigenvalue weighted by Gasteiger charge is 1.95. The largest absolute Gasteiger partial charge is 0.454 e. The van der Waals surface area contributed by atoms with Crippen molar-refractivity contribution in [2.24, 2.45) is 0 Å². The second-order valence-electron chi connectivity index (χ2n) is 2.70. The minimum absolute atomic E-state index is 0.0809. The van der Waals surface area contributed by atoms with Crippen molar-refractivity contribution in [3.05, 3.63) is 29.7 Å². The van der Waals surface area contributed by atoms with Crippen LogP contribution in [-0.2, 0) is 4.79 Å². The van der Waals surface area contributed by atoms with Crippen molar-refractivity contribution >= 4 is 18.3 Å². The molecule has 0 aliphatic carbocycles. The molecule has 0 atom stereocenters. The number of amides is 1. The zero-order valence-electron chi connectivity index (χ0n) is 7.82. The Bertz CT molecular complexity index is 352. The molecule has 1 N–H and O–H groups in total. The van der Waals surface area contributed by atoms with Crippen molar-refractivity contribution in [1.82, 2.24) is 5.32 Å². The van der Waals surface area contributed by atoms with Crippen molar-refractivity contribution in [3.63, 3.8) is 0 Å². The van der Waals surface area contributed by atoms with E-state index in [4.69, 9.17) is 4.42 Å². The van der Waals surface area contributed by atoms with E-state index < -0.39 is 0 Å². The van der Waals surface area contributed by atoms with E-state index in [0.717, 1.165) is 0 Å². The van der Waals surface area contributed by atoms with Crippen molar-refractivity contribution in [3.8, 4) is 0 Å². The van der Waals surface area contributed by atoms with Gasteiger partial charge in [-0.15, -0.1) is 0 Å². The molecule has 0 aromatic carbocycles. The maximum Gasteiger partial charge on any atom is 0.217 e. The summed E-state index contributed by atoms with van der Waals surface area (Å²) in [5.41, 5.74) is 0. The number of furan rings is 1. The van der Waals surface area contributed by atoms with Gasteiger partial charge in [-0.25, -0.2) is 0 Å². The van der Waals surface area contributed by atoms with Crippen LogP contribution in [0.1, 0.15) is 23.2 Å². The summed E-state index contributed by atoms with van der Waals surface area (Å²) in [6.07, 6.45) is 4.09. The van der Waals surface area contributed by atoms with Crippen molar-refractivity contribution in [2.75, 3.05) is 6.54 Å². The number of hydrogen-bond acceptors (Lipinski definition) is 3. The molecule has 1 aromatic rings. The molecule has 4 nitrogen and oxygen atoms in total. The average molecular weight is 193 g/mol. The summed E-state index contributed by atoms with van der Waals surface area (Å²) in [5.74, 6) is 0.810. The van der Waals surface area contributed by atoms with Crippen LogP contribution in [-0.4, -0.2) is 18.7 Å². The predicted octanol–water partition coefficient (Wildman–Crippen LogP) is 1.24. The van der Waals surface area contributed by atoms with Crippen LogP contribution >= 0.6 is 0 Å². The molecule has 1 aromatic heterocycles. The summed E-state index contributed by atoms with van der Waals surface area (Å²) in [4.78, 5) is 20.8. The summed E-state index contributed by atoms with van der Waals surface area (Å²) in [7, 11) is 0. The predicted molar refractivity (Wildman–Crippen MR) is 51.8 cm³/mol. The summed E-state index contributed by atoms with van der Waals surface area (Å²) >= 11 is 0. The van der Waals surface area contributed by atoms with Gasteiger partial charge in [-0.2, -0.15) is 0 Å². The monoisotopic (exact) mass is 193 g/mol. The molecule has 0 spiro atoms. The fraction of sp³-hybridized carbons (Fsp3) is 0.200. The Balaban J connectivity index is 2.43. The molecule has 0 fully saturated rings. The van der Waals surface area contributed by atoms with Crippen LogP contribution in [0.2, 0.25) is 0 Å². The molecule has 74 valence electrons. The van der Waals surface area contributed by atoms with Gasteiger partial charge in [0.15, 0.2) is 12.0 Å². The highest BCUT2D eigenvalue weighted by atomic mass is 16.3. The first kappa shape index (κ1) is 10.2. The van der Waals surface area contributed by atoms with Gasteiger partial charge < -0.3 is 9.73 Å². The number of aldehydes is 1. The number of carbonyl (C=O) groups is 2. The molecule has 0 saturated heterocycles. The van der Waals surface area contributed by atoms with Crippen LogP contribution in [0.4, 0.5) is 0 Å². The van der Waals surface area contributed by atoms with Crippen molar-refractivity contribution < 1.29 is 14.0 Å². The quantitative estimate of drug-likeness (QED) is 0.732. The average Bonchev–Trinajstić information content (AvgIpc) is 2.60. The highest BCUT2D eigenvalue weighted by Crippen LogP contribution is 2.06. The number of carbonyl (C=O) groups excluding carboxylic acids is 2. The molecular formula is C10H11NO3. The second-order valence-corrected chi connectivity index (χ2v) is 2.70. The van der Waals surface area contributed by atoms with Gasteiger partial charge in [0.2, 0.25) is 5.91 Å². The van der Waals surface area contributed by atoms with Gasteiger partial charge >= 0.3 is 0 Å². The topological polar surface area (TPSA) is 59.3 Å². The van der Waals surface area contributed by atoms with Crippen LogP contribution in [0.5, 0.6) is 0 Å². The Morgan fingerprint density at radius 2 is 2.21 bits per heavy atom. The second kappa shape index (κ2) is 5.01. The SMILES string of the molecule is CC(=O)NCC=Cc1ccc(C=O)o1. The van der Waals surface area contributed by atoms with E-state index in [0.29, 0.717) is 24.4 Å². The van der Waals surface area contributed by atoms with E-state index in [-0.39, 0.29) is 5.91 Å².